The molecule has 0 spiro atoms. The van der Waals surface area contributed by atoms with E-state index in [4.69, 9.17) is 4.74 Å². The molecule has 3 aliphatic carbocycles. The molecular formula is C15H19NO4S. The Morgan fingerprint density at radius 3 is 2.43 bits per heavy atom. The number of carbonyl (C=O) groups excluding carboxylic acids is 1. The molecule has 3 saturated carbocycles. The van der Waals surface area contributed by atoms with Crippen LogP contribution in [0.2, 0.25) is 0 Å². The number of alkyl carbamates (subject to hydrolysis) is 1. The van der Waals surface area contributed by atoms with Gasteiger partial charge in [0, 0.05) is 11.8 Å². The van der Waals surface area contributed by atoms with Gasteiger partial charge in [-0.1, -0.05) is 30.3 Å². The van der Waals surface area contributed by atoms with Gasteiger partial charge < -0.3 is 10.1 Å². The quantitative estimate of drug-likeness (QED) is 0.901. The van der Waals surface area contributed by atoms with Crippen LogP contribution in [0.4, 0.5) is 4.79 Å². The number of amides is 1. The summed E-state index contributed by atoms with van der Waals surface area (Å²) in [5, 5.41) is 2.88. The summed E-state index contributed by atoms with van der Waals surface area (Å²) in [6.45, 7) is 0.247. The second-order valence-corrected chi connectivity index (χ2v) is 8.71. The Balaban J connectivity index is 1.44. The fraction of sp³-hybridized carbons (Fsp3) is 0.533. The summed E-state index contributed by atoms with van der Waals surface area (Å²) in [6.07, 6.45) is 3.07. The van der Waals surface area contributed by atoms with E-state index in [0.717, 1.165) is 24.8 Å². The molecule has 3 aliphatic rings. The highest BCUT2D eigenvalue weighted by Crippen LogP contribution is 2.67. The highest BCUT2D eigenvalue weighted by atomic mass is 32.2. The van der Waals surface area contributed by atoms with Gasteiger partial charge in [-0.3, -0.25) is 0 Å². The van der Waals surface area contributed by atoms with Crippen molar-refractivity contribution in [2.45, 2.75) is 31.4 Å². The van der Waals surface area contributed by atoms with Gasteiger partial charge in [0.05, 0.1) is 5.75 Å². The van der Waals surface area contributed by atoms with Crippen LogP contribution in [0.25, 0.3) is 0 Å². The van der Waals surface area contributed by atoms with Crippen LogP contribution in [0.3, 0.4) is 0 Å². The van der Waals surface area contributed by atoms with Crippen molar-refractivity contribution in [2.75, 3.05) is 12.0 Å². The van der Waals surface area contributed by atoms with Crippen molar-refractivity contribution in [3.05, 3.63) is 35.9 Å². The first-order chi connectivity index (χ1) is 9.80. The van der Waals surface area contributed by atoms with Crippen molar-refractivity contribution in [2.24, 2.45) is 5.41 Å². The average Bonchev–Trinajstić information content (AvgIpc) is 2.32. The van der Waals surface area contributed by atoms with Gasteiger partial charge >= 0.3 is 6.09 Å². The zero-order chi connectivity index (χ0) is 15.1. The summed E-state index contributed by atoms with van der Waals surface area (Å²) in [5.41, 5.74) is 0.623. The Kier molecular flexibility index (Phi) is 3.24. The monoisotopic (exact) mass is 309 g/mol. The smallest absolute Gasteiger partial charge is 0.407 e. The SMILES string of the molecule is CS(=O)(=O)CC12CC(NC(=O)OCc3ccccc3)(C1)C2. The van der Waals surface area contributed by atoms with E-state index in [-0.39, 0.29) is 23.3 Å². The normalized spacial score (nSPS) is 30.0. The lowest BCUT2D eigenvalue weighted by Gasteiger charge is -2.70. The molecule has 1 N–H and O–H groups in total. The Bertz CT molecular complexity index is 634. The van der Waals surface area contributed by atoms with E-state index in [1.54, 1.807) is 0 Å². The van der Waals surface area contributed by atoms with Crippen molar-refractivity contribution in [1.82, 2.24) is 5.32 Å². The molecule has 2 bridgehead atoms. The van der Waals surface area contributed by atoms with E-state index < -0.39 is 15.9 Å². The van der Waals surface area contributed by atoms with Crippen LogP contribution in [0.5, 0.6) is 0 Å². The average molecular weight is 309 g/mol. The molecular weight excluding hydrogens is 290 g/mol. The largest absolute Gasteiger partial charge is 0.445 e. The molecule has 1 aromatic carbocycles. The number of rotatable bonds is 5. The summed E-state index contributed by atoms with van der Waals surface area (Å²) in [4.78, 5) is 11.8. The summed E-state index contributed by atoms with van der Waals surface area (Å²) in [7, 11) is -2.95. The Morgan fingerprint density at radius 2 is 1.86 bits per heavy atom. The standard InChI is InChI=1S/C15H19NO4S/c1-21(18,19)11-14-8-15(9-14,10-14)16-13(17)20-7-12-5-3-2-4-6-12/h2-6H,7-11H2,1H3,(H,16,17). The van der Waals surface area contributed by atoms with Gasteiger partial charge in [0.15, 0.2) is 0 Å². The number of hydrogen-bond donors (Lipinski definition) is 1. The summed E-state index contributed by atoms with van der Waals surface area (Å²) in [5.74, 6) is 0.225. The van der Waals surface area contributed by atoms with Crippen LogP contribution < -0.4 is 5.32 Å². The van der Waals surface area contributed by atoms with E-state index in [2.05, 4.69) is 5.32 Å². The molecule has 0 heterocycles. The lowest BCUT2D eigenvalue weighted by molar-refractivity contribution is -0.132. The molecule has 0 aromatic heterocycles. The van der Waals surface area contributed by atoms with E-state index in [1.807, 2.05) is 30.3 Å². The summed E-state index contributed by atoms with van der Waals surface area (Å²) < 4.78 is 27.9. The van der Waals surface area contributed by atoms with E-state index >= 15 is 0 Å². The number of benzene rings is 1. The Morgan fingerprint density at radius 1 is 1.24 bits per heavy atom. The molecule has 21 heavy (non-hydrogen) atoms. The lowest BCUT2D eigenvalue weighted by Crippen LogP contribution is -2.76. The predicted molar refractivity (Wildman–Crippen MR) is 78.5 cm³/mol. The first kappa shape index (κ1) is 14.4. The van der Waals surface area contributed by atoms with Gasteiger partial charge in [-0.25, -0.2) is 13.2 Å². The van der Waals surface area contributed by atoms with Crippen LogP contribution in [0, 0.1) is 5.41 Å². The molecule has 0 aliphatic heterocycles. The third-order valence-corrected chi connectivity index (χ3v) is 5.43. The maximum atomic E-state index is 11.8. The van der Waals surface area contributed by atoms with Gasteiger partial charge in [-0.2, -0.15) is 0 Å². The number of sulfone groups is 1. The molecule has 0 unspecified atom stereocenters. The number of carbonyl (C=O) groups is 1. The molecule has 0 saturated heterocycles. The highest BCUT2D eigenvalue weighted by molar-refractivity contribution is 7.90. The molecule has 6 heteroatoms. The zero-order valence-corrected chi connectivity index (χ0v) is 12.8. The molecule has 0 atom stereocenters. The van der Waals surface area contributed by atoms with E-state index in [1.165, 1.54) is 6.26 Å². The van der Waals surface area contributed by atoms with Crippen LogP contribution in [-0.2, 0) is 21.2 Å². The van der Waals surface area contributed by atoms with Crippen LogP contribution in [0.1, 0.15) is 24.8 Å². The maximum Gasteiger partial charge on any atom is 0.407 e. The molecule has 5 nitrogen and oxygen atoms in total. The van der Waals surface area contributed by atoms with Gasteiger partial charge in [-0.05, 0) is 30.2 Å². The zero-order valence-electron chi connectivity index (χ0n) is 12.0. The van der Waals surface area contributed by atoms with Crippen molar-refractivity contribution >= 4 is 15.9 Å². The Labute approximate surface area is 124 Å². The first-order valence-corrected chi connectivity index (χ1v) is 9.03. The number of hydrogen-bond acceptors (Lipinski definition) is 4. The minimum Gasteiger partial charge on any atom is -0.445 e. The highest BCUT2D eigenvalue weighted by Gasteiger charge is 2.69. The third kappa shape index (κ3) is 3.05. The molecule has 114 valence electrons. The fourth-order valence-electron chi connectivity index (χ4n) is 3.82. The minimum atomic E-state index is -2.95. The third-order valence-electron chi connectivity index (χ3n) is 4.29. The van der Waals surface area contributed by atoms with Crippen molar-refractivity contribution in [3.8, 4) is 0 Å². The molecule has 1 amide bonds. The van der Waals surface area contributed by atoms with Gasteiger partial charge in [0.1, 0.15) is 16.4 Å². The molecule has 1 aromatic rings. The second-order valence-electron chi connectivity index (χ2n) is 6.57. The van der Waals surface area contributed by atoms with Crippen LogP contribution >= 0.6 is 0 Å². The fourth-order valence-corrected chi connectivity index (χ4v) is 5.23. The topological polar surface area (TPSA) is 72.5 Å². The minimum absolute atomic E-state index is 0.0969. The number of ether oxygens (including phenoxy) is 1. The maximum absolute atomic E-state index is 11.8. The van der Waals surface area contributed by atoms with E-state index in [0.29, 0.717) is 0 Å². The molecule has 0 radical (unpaired) electrons. The van der Waals surface area contributed by atoms with Crippen molar-refractivity contribution in [1.29, 1.82) is 0 Å². The van der Waals surface area contributed by atoms with Crippen molar-refractivity contribution in [3.63, 3.8) is 0 Å². The van der Waals surface area contributed by atoms with Gasteiger partial charge in [0.2, 0.25) is 0 Å². The Hall–Kier alpha value is -1.56. The van der Waals surface area contributed by atoms with Crippen molar-refractivity contribution < 1.29 is 17.9 Å². The molecule has 3 fully saturated rings. The molecule has 4 rings (SSSR count). The van der Waals surface area contributed by atoms with Crippen LogP contribution in [0.15, 0.2) is 30.3 Å². The summed E-state index contributed by atoms with van der Waals surface area (Å²) in [6, 6.07) is 9.50. The van der Waals surface area contributed by atoms with E-state index in [9.17, 15) is 13.2 Å². The lowest BCUT2D eigenvalue weighted by atomic mass is 9.40. The van der Waals surface area contributed by atoms with Gasteiger partial charge in [0.25, 0.3) is 0 Å². The first-order valence-electron chi connectivity index (χ1n) is 6.97. The van der Waals surface area contributed by atoms with Crippen LogP contribution in [-0.4, -0.2) is 32.1 Å². The predicted octanol–water partition coefficient (Wildman–Crippen LogP) is 1.88. The summed E-state index contributed by atoms with van der Waals surface area (Å²) >= 11 is 0. The number of nitrogens with one attached hydrogen (secondary N) is 1. The van der Waals surface area contributed by atoms with Gasteiger partial charge in [-0.15, -0.1) is 0 Å². The second kappa shape index (κ2) is 4.73.